The molecule has 1 rings (SSSR count). The van der Waals surface area contributed by atoms with Crippen molar-refractivity contribution in [3.63, 3.8) is 0 Å². The molecule has 1 aromatic carbocycles. The average Bonchev–Trinajstić information content (AvgIpc) is 2.14. The van der Waals surface area contributed by atoms with E-state index >= 15 is 0 Å². The average molecular weight is 233 g/mol. The highest BCUT2D eigenvalue weighted by Crippen LogP contribution is 2.35. The van der Waals surface area contributed by atoms with Gasteiger partial charge in [0, 0.05) is 12.6 Å². The van der Waals surface area contributed by atoms with Crippen molar-refractivity contribution in [1.82, 2.24) is 5.32 Å². The third kappa shape index (κ3) is 3.41. The molecule has 0 radical (unpaired) electrons. The van der Waals surface area contributed by atoms with Crippen molar-refractivity contribution in [1.29, 1.82) is 0 Å². The Morgan fingerprint density at radius 1 is 1.31 bits per heavy atom. The molecule has 0 aromatic heterocycles. The summed E-state index contributed by atoms with van der Waals surface area (Å²) in [6.45, 7) is 4.16. The van der Waals surface area contributed by atoms with Gasteiger partial charge in [-0.2, -0.15) is 13.2 Å². The second-order valence-corrected chi connectivity index (χ2v) is 3.88. The summed E-state index contributed by atoms with van der Waals surface area (Å²) in [5.41, 5.74) is -0.491. The third-order valence-electron chi connectivity index (χ3n) is 2.08. The van der Waals surface area contributed by atoms with Crippen LogP contribution < -0.4 is 5.32 Å². The number of aromatic hydroxyl groups is 1. The van der Waals surface area contributed by atoms with Crippen LogP contribution >= 0.6 is 0 Å². The van der Waals surface area contributed by atoms with E-state index in [1.165, 1.54) is 6.07 Å². The summed E-state index contributed by atoms with van der Waals surface area (Å²) in [6, 6.07) is 3.70. The normalized spacial score (nSPS) is 12.1. The quantitative estimate of drug-likeness (QED) is 0.841. The van der Waals surface area contributed by atoms with Gasteiger partial charge in [0.25, 0.3) is 0 Å². The molecule has 0 saturated carbocycles. The maximum absolute atomic E-state index is 12.4. The first-order valence-corrected chi connectivity index (χ1v) is 4.93. The van der Waals surface area contributed by atoms with Crippen LogP contribution in [0.4, 0.5) is 13.2 Å². The zero-order chi connectivity index (χ0) is 12.3. The van der Waals surface area contributed by atoms with Crippen LogP contribution in [0.2, 0.25) is 0 Å². The lowest BCUT2D eigenvalue weighted by Gasteiger charge is -2.12. The third-order valence-corrected chi connectivity index (χ3v) is 2.08. The second-order valence-electron chi connectivity index (χ2n) is 3.88. The predicted octanol–water partition coefficient (Wildman–Crippen LogP) is 2.91. The highest BCUT2D eigenvalue weighted by molar-refractivity contribution is 5.38. The van der Waals surface area contributed by atoms with Gasteiger partial charge in [-0.1, -0.05) is 19.9 Å². The van der Waals surface area contributed by atoms with Crippen LogP contribution in [0.1, 0.15) is 25.0 Å². The predicted molar refractivity (Wildman–Crippen MR) is 55.1 cm³/mol. The number of hydrogen-bond acceptors (Lipinski definition) is 2. The van der Waals surface area contributed by atoms with Crippen molar-refractivity contribution in [2.45, 2.75) is 32.6 Å². The van der Waals surface area contributed by atoms with Crippen LogP contribution in [-0.2, 0) is 12.7 Å². The molecule has 2 nitrogen and oxygen atoms in total. The van der Waals surface area contributed by atoms with E-state index in [4.69, 9.17) is 5.11 Å². The van der Waals surface area contributed by atoms with E-state index < -0.39 is 17.5 Å². The maximum atomic E-state index is 12.4. The largest absolute Gasteiger partial charge is 0.507 e. The van der Waals surface area contributed by atoms with E-state index in [1.54, 1.807) is 0 Å². The molecule has 0 amide bonds. The van der Waals surface area contributed by atoms with Crippen molar-refractivity contribution < 1.29 is 18.3 Å². The summed E-state index contributed by atoms with van der Waals surface area (Å²) in [5.74, 6) is -0.735. The van der Waals surface area contributed by atoms with Crippen LogP contribution in [-0.4, -0.2) is 11.1 Å². The van der Waals surface area contributed by atoms with E-state index in [0.29, 0.717) is 12.1 Å². The number of phenols is 1. The van der Waals surface area contributed by atoms with Crippen LogP contribution in [0.5, 0.6) is 5.75 Å². The molecule has 0 aliphatic carbocycles. The van der Waals surface area contributed by atoms with E-state index in [9.17, 15) is 13.2 Å². The number of hydrogen-bond donors (Lipinski definition) is 2. The zero-order valence-corrected chi connectivity index (χ0v) is 9.10. The molecule has 0 unspecified atom stereocenters. The topological polar surface area (TPSA) is 32.3 Å². The Hall–Kier alpha value is -1.23. The Morgan fingerprint density at radius 3 is 2.44 bits per heavy atom. The number of phenolic OH excluding ortho intramolecular Hbond substituents is 1. The Bertz CT molecular complexity index is 361. The van der Waals surface area contributed by atoms with Gasteiger partial charge in [-0.05, 0) is 17.7 Å². The fourth-order valence-electron chi connectivity index (χ4n) is 1.24. The van der Waals surface area contributed by atoms with Crippen LogP contribution in [0, 0.1) is 0 Å². The minimum Gasteiger partial charge on any atom is -0.507 e. The smallest absolute Gasteiger partial charge is 0.419 e. The van der Waals surface area contributed by atoms with Crippen molar-refractivity contribution in [2.24, 2.45) is 0 Å². The Kier molecular flexibility index (Phi) is 3.80. The summed E-state index contributed by atoms with van der Waals surface area (Å²) < 4.78 is 37.3. The van der Waals surface area contributed by atoms with Crippen molar-refractivity contribution in [2.75, 3.05) is 0 Å². The molecular formula is C11H14F3NO. The fourth-order valence-corrected chi connectivity index (χ4v) is 1.24. The Balaban J connectivity index is 2.90. The van der Waals surface area contributed by atoms with E-state index in [2.05, 4.69) is 5.32 Å². The highest BCUT2D eigenvalue weighted by Gasteiger charge is 2.33. The highest BCUT2D eigenvalue weighted by atomic mass is 19.4. The molecule has 0 fully saturated rings. The van der Waals surface area contributed by atoms with Gasteiger partial charge >= 0.3 is 6.18 Å². The molecule has 0 aliphatic heterocycles. The Labute approximate surface area is 92.1 Å². The van der Waals surface area contributed by atoms with Crippen LogP contribution in [0.3, 0.4) is 0 Å². The van der Waals surface area contributed by atoms with Gasteiger partial charge in [-0.3, -0.25) is 0 Å². The number of nitrogens with one attached hydrogen (secondary N) is 1. The summed E-state index contributed by atoms with van der Waals surface area (Å²) in [6.07, 6.45) is -4.52. The molecule has 5 heteroatoms. The zero-order valence-electron chi connectivity index (χ0n) is 9.10. The minimum atomic E-state index is -4.52. The monoisotopic (exact) mass is 233 g/mol. The lowest BCUT2D eigenvalue weighted by molar-refractivity contribution is -0.138. The summed E-state index contributed by atoms with van der Waals surface area (Å²) in [7, 11) is 0. The standard InChI is InChI=1S/C11H14F3NO/c1-7(2)15-6-8-3-4-10(16)9(5-8)11(12,13)14/h3-5,7,15-16H,6H2,1-2H3. The fraction of sp³-hybridized carbons (Fsp3) is 0.455. The van der Waals surface area contributed by atoms with Gasteiger partial charge < -0.3 is 10.4 Å². The Morgan fingerprint density at radius 2 is 1.94 bits per heavy atom. The van der Waals surface area contributed by atoms with Gasteiger partial charge in [-0.15, -0.1) is 0 Å². The van der Waals surface area contributed by atoms with Gasteiger partial charge in [0.1, 0.15) is 5.75 Å². The van der Waals surface area contributed by atoms with E-state index in [0.717, 1.165) is 12.1 Å². The molecule has 0 aliphatic rings. The molecule has 0 spiro atoms. The van der Waals surface area contributed by atoms with Crippen molar-refractivity contribution >= 4 is 0 Å². The summed E-state index contributed by atoms with van der Waals surface area (Å²) in [5, 5.41) is 12.1. The molecule has 0 saturated heterocycles. The summed E-state index contributed by atoms with van der Waals surface area (Å²) in [4.78, 5) is 0. The van der Waals surface area contributed by atoms with Crippen molar-refractivity contribution in [3.8, 4) is 5.75 Å². The molecule has 2 N–H and O–H groups in total. The van der Waals surface area contributed by atoms with Gasteiger partial charge in [-0.25, -0.2) is 0 Å². The molecule has 1 aromatic rings. The van der Waals surface area contributed by atoms with Crippen LogP contribution in [0.15, 0.2) is 18.2 Å². The van der Waals surface area contributed by atoms with Gasteiger partial charge in [0.05, 0.1) is 5.56 Å². The van der Waals surface area contributed by atoms with E-state index in [-0.39, 0.29) is 6.04 Å². The minimum absolute atomic E-state index is 0.197. The molecular weight excluding hydrogens is 219 g/mol. The van der Waals surface area contributed by atoms with Gasteiger partial charge in [0.15, 0.2) is 0 Å². The SMILES string of the molecule is CC(C)NCc1ccc(O)c(C(F)(F)F)c1. The number of halogens is 3. The molecule has 16 heavy (non-hydrogen) atoms. The first kappa shape index (κ1) is 12.8. The van der Waals surface area contributed by atoms with Gasteiger partial charge in [0.2, 0.25) is 0 Å². The van der Waals surface area contributed by atoms with Crippen LogP contribution in [0.25, 0.3) is 0 Å². The molecule has 90 valence electrons. The lowest BCUT2D eigenvalue weighted by Crippen LogP contribution is -2.22. The second kappa shape index (κ2) is 4.74. The molecule has 0 bridgehead atoms. The molecule has 0 atom stereocenters. The molecule has 0 heterocycles. The summed E-state index contributed by atoms with van der Waals surface area (Å²) >= 11 is 0. The van der Waals surface area contributed by atoms with Crippen molar-refractivity contribution in [3.05, 3.63) is 29.3 Å². The first-order valence-electron chi connectivity index (χ1n) is 4.93. The number of rotatable bonds is 3. The number of alkyl halides is 3. The number of benzene rings is 1. The lowest BCUT2D eigenvalue weighted by atomic mass is 10.1. The first-order chi connectivity index (χ1) is 7.30. The van der Waals surface area contributed by atoms with E-state index in [1.807, 2.05) is 13.8 Å². The maximum Gasteiger partial charge on any atom is 0.419 e.